The maximum atomic E-state index is 11.4. The average Bonchev–Trinajstić information content (AvgIpc) is 2.46. The highest BCUT2D eigenvalue weighted by Gasteiger charge is 2.34. The number of carbonyl (C=O) groups is 1. The third-order valence-electron chi connectivity index (χ3n) is 3.89. The lowest BCUT2D eigenvalue weighted by Gasteiger charge is -2.38. The minimum Gasteiger partial charge on any atom is -0.469 e. The summed E-state index contributed by atoms with van der Waals surface area (Å²) < 4.78 is 4.76. The van der Waals surface area contributed by atoms with E-state index in [-0.39, 0.29) is 11.4 Å². The summed E-state index contributed by atoms with van der Waals surface area (Å²) in [6, 6.07) is 10.5. The number of rotatable bonds is 4. The summed E-state index contributed by atoms with van der Waals surface area (Å²) in [5.74, 6) is -0.115. The fourth-order valence-electron chi connectivity index (χ4n) is 2.81. The summed E-state index contributed by atoms with van der Waals surface area (Å²) >= 11 is 0. The summed E-state index contributed by atoms with van der Waals surface area (Å²) in [7, 11) is 1.46. The number of piperidine rings is 1. The van der Waals surface area contributed by atoms with Crippen LogP contribution in [0.25, 0.3) is 0 Å². The summed E-state index contributed by atoms with van der Waals surface area (Å²) in [4.78, 5) is 11.4. The van der Waals surface area contributed by atoms with Gasteiger partial charge in [0.15, 0.2) is 0 Å². The van der Waals surface area contributed by atoms with Crippen molar-refractivity contribution in [1.29, 1.82) is 0 Å². The van der Waals surface area contributed by atoms with Gasteiger partial charge in [0.05, 0.1) is 7.11 Å². The molecule has 3 nitrogen and oxygen atoms in total. The molecule has 1 unspecified atom stereocenters. The summed E-state index contributed by atoms with van der Waals surface area (Å²) in [6.45, 7) is 2.03. The molecule has 0 spiro atoms. The molecule has 0 amide bonds. The Morgan fingerprint density at radius 1 is 1.39 bits per heavy atom. The molecule has 0 saturated carbocycles. The molecule has 1 fully saturated rings. The van der Waals surface area contributed by atoms with Crippen LogP contribution in [0.1, 0.15) is 31.2 Å². The van der Waals surface area contributed by atoms with Gasteiger partial charge in [-0.05, 0) is 31.4 Å². The second kappa shape index (κ2) is 6.01. The van der Waals surface area contributed by atoms with Crippen molar-refractivity contribution in [3.63, 3.8) is 0 Å². The summed E-state index contributed by atoms with van der Waals surface area (Å²) in [5.41, 5.74) is 1.43. The van der Waals surface area contributed by atoms with Crippen LogP contribution in [0.15, 0.2) is 30.3 Å². The number of nitrogens with one attached hydrogen (secondary N) is 1. The Balaban J connectivity index is 2.15. The van der Waals surface area contributed by atoms with Gasteiger partial charge in [-0.2, -0.15) is 0 Å². The average molecular weight is 247 g/mol. The Morgan fingerprint density at radius 3 is 2.78 bits per heavy atom. The maximum absolute atomic E-state index is 11.4. The van der Waals surface area contributed by atoms with E-state index >= 15 is 0 Å². The smallest absolute Gasteiger partial charge is 0.305 e. The normalized spacial score (nSPS) is 23.6. The van der Waals surface area contributed by atoms with Crippen LogP contribution in [0, 0.1) is 0 Å². The predicted molar refractivity (Wildman–Crippen MR) is 71.5 cm³/mol. The number of esters is 1. The van der Waals surface area contributed by atoms with Crippen LogP contribution in [-0.4, -0.2) is 26.2 Å². The topological polar surface area (TPSA) is 38.3 Å². The molecular formula is C15H21NO2. The molecule has 3 heteroatoms. The van der Waals surface area contributed by atoms with Gasteiger partial charge in [0.2, 0.25) is 0 Å². The molecule has 1 aliphatic heterocycles. The second-order valence-electron chi connectivity index (χ2n) is 5.00. The van der Waals surface area contributed by atoms with Crippen molar-refractivity contribution in [1.82, 2.24) is 5.32 Å². The van der Waals surface area contributed by atoms with Crippen molar-refractivity contribution < 1.29 is 9.53 Å². The zero-order valence-electron chi connectivity index (χ0n) is 10.9. The SMILES string of the molecule is COC(=O)CCC1(c2ccccc2)CCCNC1. The van der Waals surface area contributed by atoms with Gasteiger partial charge < -0.3 is 10.1 Å². The van der Waals surface area contributed by atoms with Crippen molar-refractivity contribution in [3.8, 4) is 0 Å². The molecule has 1 aliphatic rings. The van der Waals surface area contributed by atoms with Crippen LogP contribution in [0.2, 0.25) is 0 Å². The van der Waals surface area contributed by atoms with Gasteiger partial charge in [-0.25, -0.2) is 0 Å². The summed E-state index contributed by atoms with van der Waals surface area (Å²) in [5, 5.41) is 3.46. The molecule has 98 valence electrons. The van der Waals surface area contributed by atoms with Crippen LogP contribution >= 0.6 is 0 Å². The van der Waals surface area contributed by atoms with Gasteiger partial charge in [-0.15, -0.1) is 0 Å². The lowest BCUT2D eigenvalue weighted by molar-refractivity contribution is -0.141. The number of methoxy groups -OCH3 is 1. The molecule has 18 heavy (non-hydrogen) atoms. The van der Waals surface area contributed by atoms with Gasteiger partial charge in [-0.3, -0.25) is 4.79 Å². The molecule has 1 aromatic carbocycles. The standard InChI is InChI=1S/C15H21NO2/c1-18-14(17)8-10-15(9-5-11-16-12-15)13-6-3-2-4-7-13/h2-4,6-7,16H,5,8-12H2,1H3. The molecule has 0 bridgehead atoms. The van der Waals surface area contributed by atoms with Crippen molar-refractivity contribution in [2.24, 2.45) is 0 Å². The van der Waals surface area contributed by atoms with Crippen LogP contribution in [0.4, 0.5) is 0 Å². The first-order valence-corrected chi connectivity index (χ1v) is 6.60. The van der Waals surface area contributed by atoms with E-state index in [4.69, 9.17) is 4.74 Å². The first-order chi connectivity index (χ1) is 8.77. The Hall–Kier alpha value is -1.35. The number of hydrogen-bond acceptors (Lipinski definition) is 3. The second-order valence-corrected chi connectivity index (χ2v) is 5.00. The molecular weight excluding hydrogens is 226 g/mol. The largest absolute Gasteiger partial charge is 0.469 e. The highest BCUT2D eigenvalue weighted by atomic mass is 16.5. The molecule has 1 atom stereocenters. The van der Waals surface area contributed by atoms with Gasteiger partial charge >= 0.3 is 5.97 Å². The molecule has 1 aromatic rings. The van der Waals surface area contributed by atoms with E-state index in [9.17, 15) is 4.79 Å². The van der Waals surface area contributed by atoms with E-state index in [1.54, 1.807) is 0 Å². The van der Waals surface area contributed by atoms with E-state index in [0.29, 0.717) is 6.42 Å². The van der Waals surface area contributed by atoms with E-state index in [1.807, 2.05) is 6.07 Å². The van der Waals surface area contributed by atoms with Gasteiger partial charge in [0.25, 0.3) is 0 Å². The lowest BCUT2D eigenvalue weighted by Crippen LogP contribution is -2.43. The molecule has 2 rings (SSSR count). The molecule has 0 radical (unpaired) electrons. The van der Waals surface area contributed by atoms with Crippen LogP contribution in [0.3, 0.4) is 0 Å². The number of hydrogen-bond donors (Lipinski definition) is 1. The van der Waals surface area contributed by atoms with Crippen LogP contribution in [0.5, 0.6) is 0 Å². The highest BCUT2D eigenvalue weighted by Crippen LogP contribution is 2.35. The van der Waals surface area contributed by atoms with E-state index in [0.717, 1.165) is 32.4 Å². The number of benzene rings is 1. The number of ether oxygens (including phenoxy) is 1. The van der Waals surface area contributed by atoms with Gasteiger partial charge in [-0.1, -0.05) is 30.3 Å². The maximum Gasteiger partial charge on any atom is 0.305 e. The molecule has 1 N–H and O–H groups in total. The highest BCUT2D eigenvalue weighted by molar-refractivity contribution is 5.69. The van der Waals surface area contributed by atoms with E-state index in [2.05, 4.69) is 29.6 Å². The third kappa shape index (κ3) is 2.91. The monoisotopic (exact) mass is 247 g/mol. The fraction of sp³-hybridized carbons (Fsp3) is 0.533. The van der Waals surface area contributed by atoms with Crippen molar-refractivity contribution in [3.05, 3.63) is 35.9 Å². The van der Waals surface area contributed by atoms with Crippen LogP contribution in [-0.2, 0) is 14.9 Å². The minimum atomic E-state index is -0.115. The minimum absolute atomic E-state index is 0.0910. The van der Waals surface area contributed by atoms with E-state index < -0.39 is 0 Å². The Morgan fingerprint density at radius 2 is 2.17 bits per heavy atom. The van der Waals surface area contributed by atoms with Crippen molar-refractivity contribution in [2.45, 2.75) is 31.1 Å². The third-order valence-corrected chi connectivity index (χ3v) is 3.89. The number of carbonyl (C=O) groups excluding carboxylic acids is 1. The zero-order chi connectivity index (χ0) is 12.8. The molecule has 1 saturated heterocycles. The van der Waals surface area contributed by atoms with E-state index in [1.165, 1.54) is 12.7 Å². The Bertz CT molecular complexity index is 383. The zero-order valence-corrected chi connectivity index (χ0v) is 10.9. The first-order valence-electron chi connectivity index (χ1n) is 6.60. The van der Waals surface area contributed by atoms with Gasteiger partial charge in [0.1, 0.15) is 0 Å². The van der Waals surface area contributed by atoms with Gasteiger partial charge in [0, 0.05) is 18.4 Å². The Labute approximate surface area is 109 Å². The fourth-order valence-corrected chi connectivity index (χ4v) is 2.81. The van der Waals surface area contributed by atoms with Crippen molar-refractivity contribution >= 4 is 5.97 Å². The first kappa shape index (κ1) is 13.1. The van der Waals surface area contributed by atoms with Crippen LogP contribution < -0.4 is 5.32 Å². The molecule has 0 aromatic heterocycles. The summed E-state index contributed by atoms with van der Waals surface area (Å²) in [6.07, 6.45) is 3.65. The Kier molecular flexibility index (Phi) is 4.37. The molecule has 0 aliphatic carbocycles. The quantitative estimate of drug-likeness (QED) is 0.829. The molecule has 1 heterocycles. The lowest BCUT2D eigenvalue weighted by atomic mass is 9.71. The van der Waals surface area contributed by atoms with Crippen molar-refractivity contribution in [2.75, 3.05) is 20.2 Å². The predicted octanol–water partition coefficient (Wildman–Crippen LogP) is 2.26.